The molecule has 8 heteroatoms. The van der Waals surface area contributed by atoms with Gasteiger partial charge in [-0.05, 0) is 40.8 Å². The molecule has 0 saturated carbocycles. The summed E-state index contributed by atoms with van der Waals surface area (Å²) in [6.07, 6.45) is 0.842. The molecule has 33 heavy (non-hydrogen) atoms. The van der Waals surface area contributed by atoms with Crippen LogP contribution < -0.4 is 10.5 Å². The third-order valence-electron chi connectivity index (χ3n) is 5.73. The molecule has 1 aliphatic carbocycles. The van der Waals surface area contributed by atoms with Crippen molar-refractivity contribution in [1.29, 1.82) is 5.26 Å². The van der Waals surface area contributed by atoms with E-state index in [2.05, 4.69) is 6.07 Å². The molecule has 0 amide bonds. The molecule has 2 aromatic carbocycles. The minimum Gasteiger partial charge on any atom is -0.486 e. The number of carbonyl (C=O) groups excluding carboxylic acids is 1. The van der Waals surface area contributed by atoms with E-state index in [1.165, 1.54) is 12.1 Å². The molecule has 1 aliphatic heterocycles. The fraction of sp³-hybridized carbons (Fsp3) is 0.280. The van der Waals surface area contributed by atoms with Crippen LogP contribution in [0.4, 0.5) is 4.39 Å². The molecule has 1 atom stereocenters. The molecular formula is C25H21Cl2FN2O3. The molecule has 2 N–H and O–H groups in total. The van der Waals surface area contributed by atoms with Gasteiger partial charge >= 0.3 is 0 Å². The van der Waals surface area contributed by atoms with Crippen molar-refractivity contribution in [2.45, 2.75) is 39.2 Å². The second kappa shape index (κ2) is 8.74. The number of hydrogen-bond acceptors (Lipinski definition) is 5. The number of benzene rings is 2. The topological polar surface area (TPSA) is 85.3 Å². The van der Waals surface area contributed by atoms with Gasteiger partial charge in [-0.15, -0.1) is 0 Å². The van der Waals surface area contributed by atoms with Gasteiger partial charge in [0.2, 0.25) is 5.88 Å². The number of rotatable bonds is 4. The van der Waals surface area contributed by atoms with Crippen molar-refractivity contribution in [3.8, 4) is 11.8 Å². The SMILES string of the molecule is CC1(C)CC(=O)C2=C(C1)OC(N)=C(C#N)[C@@H]2c1cc(Cl)c(OCc2ccc(F)cc2)c(Cl)c1. The van der Waals surface area contributed by atoms with Crippen molar-refractivity contribution < 1.29 is 18.7 Å². The summed E-state index contributed by atoms with van der Waals surface area (Å²) in [6, 6.07) is 11.2. The van der Waals surface area contributed by atoms with Crippen molar-refractivity contribution in [1.82, 2.24) is 0 Å². The number of nitrogens with zero attached hydrogens (tertiary/aromatic N) is 1. The Hall–Kier alpha value is -3.01. The van der Waals surface area contributed by atoms with Gasteiger partial charge in [0.1, 0.15) is 29.8 Å². The van der Waals surface area contributed by atoms with Crippen LogP contribution in [0.2, 0.25) is 10.0 Å². The number of carbonyl (C=O) groups is 1. The maximum Gasteiger partial charge on any atom is 0.205 e. The molecule has 0 aromatic heterocycles. The third-order valence-corrected chi connectivity index (χ3v) is 6.29. The summed E-state index contributed by atoms with van der Waals surface area (Å²) in [5.41, 5.74) is 7.61. The van der Waals surface area contributed by atoms with Crippen molar-refractivity contribution in [2.75, 3.05) is 0 Å². The van der Waals surface area contributed by atoms with Gasteiger partial charge in [-0.25, -0.2) is 4.39 Å². The number of nitrogens with two attached hydrogens (primary N) is 1. The van der Waals surface area contributed by atoms with Gasteiger partial charge in [0, 0.05) is 18.4 Å². The van der Waals surface area contributed by atoms with Crippen LogP contribution in [0, 0.1) is 22.6 Å². The molecular weight excluding hydrogens is 466 g/mol. The van der Waals surface area contributed by atoms with E-state index in [0.29, 0.717) is 29.7 Å². The maximum absolute atomic E-state index is 13.1. The Morgan fingerprint density at radius 3 is 2.45 bits per heavy atom. The van der Waals surface area contributed by atoms with Crippen molar-refractivity contribution in [3.63, 3.8) is 0 Å². The van der Waals surface area contributed by atoms with Crippen LogP contribution in [0.1, 0.15) is 43.7 Å². The highest BCUT2D eigenvalue weighted by Gasteiger charge is 2.43. The first-order valence-corrected chi connectivity index (χ1v) is 11.1. The fourth-order valence-corrected chi connectivity index (χ4v) is 4.85. The average molecular weight is 487 g/mol. The monoisotopic (exact) mass is 486 g/mol. The Balaban J connectivity index is 1.71. The minimum absolute atomic E-state index is 0.0318. The molecule has 0 fully saturated rings. The van der Waals surface area contributed by atoms with Crippen molar-refractivity contribution in [2.24, 2.45) is 11.1 Å². The fourth-order valence-electron chi connectivity index (χ4n) is 4.24. The number of ketones is 1. The van der Waals surface area contributed by atoms with Gasteiger partial charge in [-0.1, -0.05) is 49.2 Å². The van der Waals surface area contributed by atoms with E-state index < -0.39 is 5.92 Å². The quantitative estimate of drug-likeness (QED) is 0.558. The largest absolute Gasteiger partial charge is 0.486 e. The number of nitriles is 1. The van der Waals surface area contributed by atoms with Crippen molar-refractivity contribution in [3.05, 3.63) is 86.2 Å². The zero-order valence-corrected chi connectivity index (χ0v) is 19.6. The summed E-state index contributed by atoms with van der Waals surface area (Å²) in [6.45, 7) is 4.09. The van der Waals surface area contributed by atoms with E-state index in [9.17, 15) is 14.4 Å². The zero-order chi connectivity index (χ0) is 23.9. The van der Waals surface area contributed by atoms with Crippen LogP contribution in [0.5, 0.6) is 5.75 Å². The third kappa shape index (κ3) is 4.57. The van der Waals surface area contributed by atoms with Crippen LogP contribution >= 0.6 is 23.2 Å². The summed E-state index contributed by atoms with van der Waals surface area (Å²) in [5.74, 6) is -0.485. The summed E-state index contributed by atoms with van der Waals surface area (Å²) in [7, 11) is 0. The molecule has 0 spiro atoms. The molecule has 0 saturated heterocycles. The molecule has 2 aliphatic rings. The predicted molar refractivity (Wildman–Crippen MR) is 123 cm³/mol. The van der Waals surface area contributed by atoms with Gasteiger partial charge in [0.15, 0.2) is 11.5 Å². The van der Waals surface area contributed by atoms with Crippen molar-refractivity contribution >= 4 is 29.0 Å². The molecule has 0 bridgehead atoms. The molecule has 0 radical (unpaired) electrons. The lowest BCUT2D eigenvalue weighted by Gasteiger charge is -2.37. The molecule has 4 rings (SSSR count). The Bertz CT molecular complexity index is 1220. The van der Waals surface area contributed by atoms with Gasteiger partial charge < -0.3 is 15.2 Å². The van der Waals surface area contributed by atoms with Crippen LogP contribution in [-0.2, 0) is 16.1 Å². The molecule has 5 nitrogen and oxygen atoms in total. The van der Waals surface area contributed by atoms with E-state index >= 15 is 0 Å². The lowest BCUT2D eigenvalue weighted by Crippen LogP contribution is -2.33. The van der Waals surface area contributed by atoms with E-state index in [1.807, 2.05) is 13.8 Å². The standard InChI is InChI=1S/C25H21Cl2FN2O3/c1-25(2)9-19(31)22-20(10-25)33-24(30)16(11-29)21(22)14-7-17(26)23(18(27)8-14)32-12-13-3-5-15(28)6-4-13/h3-8,21H,9-10,12,30H2,1-2H3/t21-/m0/s1. The normalized spacial score (nSPS) is 19.6. The lowest BCUT2D eigenvalue weighted by molar-refractivity contribution is -0.119. The van der Waals surface area contributed by atoms with Gasteiger partial charge in [0.25, 0.3) is 0 Å². The maximum atomic E-state index is 13.1. The minimum atomic E-state index is -0.733. The molecule has 1 heterocycles. The summed E-state index contributed by atoms with van der Waals surface area (Å²) in [4.78, 5) is 13.1. The summed E-state index contributed by atoms with van der Waals surface area (Å²) < 4.78 is 24.6. The van der Waals surface area contributed by atoms with Gasteiger partial charge in [0.05, 0.1) is 16.0 Å². The zero-order valence-electron chi connectivity index (χ0n) is 18.0. The smallest absolute Gasteiger partial charge is 0.205 e. The Morgan fingerprint density at radius 2 is 1.85 bits per heavy atom. The molecule has 0 unspecified atom stereocenters. The Kier molecular flexibility index (Phi) is 6.13. The highest BCUT2D eigenvalue weighted by Crippen LogP contribution is 2.49. The number of halogens is 3. The highest BCUT2D eigenvalue weighted by atomic mass is 35.5. The van der Waals surface area contributed by atoms with Crippen LogP contribution in [-0.4, -0.2) is 5.78 Å². The van der Waals surface area contributed by atoms with E-state index in [4.69, 9.17) is 38.4 Å². The van der Waals surface area contributed by atoms with Gasteiger partial charge in [-0.3, -0.25) is 4.79 Å². The first-order valence-electron chi connectivity index (χ1n) is 10.3. The number of hydrogen-bond donors (Lipinski definition) is 1. The first kappa shape index (κ1) is 23.2. The first-order chi connectivity index (χ1) is 15.6. The second-order valence-corrected chi connectivity index (χ2v) is 9.75. The molecule has 2 aromatic rings. The lowest BCUT2D eigenvalue weighted by atomic mass is 9.70. The van der Waals surface area contributed by atoms with E-state index in [0.717, 1.165) is 5.56 Å². The van der Waals surface area contributed by atoms with Crippen LogP contribution in [0.25, 0.3) is 0 Å². The Morgan fingerprint density at radius 1 is 1.21 bits per heavy atom. The highest BCUT2D eigenvalue weighted by molar-refractivity contribution is 6.37. The molecule has 170 valence electrons. The summed E-state index contributed by atoms with van der Waals surface area (Å²) in [5, 5.41) is 10.2. The van der Waals surface area contributed by atoms with Crippen LogP contribution in [0.15, 0.2) is 59.2 Å². The van der Waals surface area contributed by atoms with E-state index in [1.54, 1.807) is 24.3 Å². The summed E-state index contributed by atoms with van der Waals surface area (Å²) >= 11 is 13.0. The van der Waals surface area contributed by atoms with Gasteiger partial charge in [-0.2, -0.15) is 5.26 Å². The van der Waals surface area contributed by atoms with Crippen LogP contribution in [0.3, 0.4) is 0 Å². The number of Topliss-reactive ketones (excluding diaryl/α,β-unsaturated/α-hetero) is 1. The Labute approximate surface area is 201 Å². The average Bonchev–Trinajstić information content (AvgIpc) is 2.72. The van der Waals surface area contributed by atoms with E-state index in [-0.39, 0.29) is 50.9 Å². The number of ether oxygens (including phenoxy) is 2. The number of allylic oxidation sites excluding steroid dienone is 3. The predicted octanol–water partition coefficient (Wildman–Crippen LogP) is 6.16. The second-order valence-electron chi connectivity index (χ2n) is 8.93.